The average molecular weight is 323 g/mol. The highest BCUT2D eigenvalue weighted by molar-refractivity contribution is 5.99. The summed E-state index contributed by atoms with van der Waals surface area (Å²) in [7, 11) is 0. The van der Waals surface area contributed by atoms with E-state index in [2.05, 4.69) is 10.6 Å². The SMILES string of the molecule is CC(C)C(NC(=O)/C(C#N)=C\Nc1cc(F)ccc1F)C(=O)O. The van der Waals surface area contributed by atoms with Gasteiger partial charge in [-0.15, -0.1) is 0 Å². The number of nitriles is 1. The number of nitrogens with zero attached hydrogens (tertiary/aromatic N) is 1. The van der Waals surface area contributed by atoms with Crippen molar-refractivity contribution in [1.82, 2.24) is 5.32 Å². The van der Waals surface area contributed by atoms with Crippen molar-refractivity contribution in [2.75, 3.05) is 5.32 Å². The number of hydrogen-bond donors (Lipinski definition) is 3. The zero-order valence-electron chi connectivity index (χ0n) is 12.4. The van der Waals surface area contributed by atoms with E-state index in [-0.39, 0.29) is 5.69 Å². The maximum atomic E-state index is 13.4. The summed E-state index contributed by atoms with van der Waals surface area (Å²) in [5.74, 6) is -4.04. The first-order valence-corrected chi connectivity index (χ1v) is 6.61. The van der Waals surface area contributed by atoms with Crippen LogP contribution in [0.2, 0.25) is 0 Å². The monoisotopic (exact) mass is 323 g/mol. The number of benzene rings is 1. The highest BCUT2D eigenvalue weighted by Crippen LogP contribution is 2.15. The number of aliphatic carboxylic acids is 1. The number of nitrogens with one attached hydrogen (secondary N) is 2. The van der Waals surface area contributed by atoms with Gasteiger partial charge in [-0.25, -0.2) is 13.6 Å². The third-order valence-corrected chi connectivity index (χ3v) is 2.88. The van der Waals surface area contributed by atoms with E-state index < -0.39 is 41.0 Å². The van der Waals surface area contributed by atoms with Crippen LogP contribution in [0.5, 0.6) is 0 Å². The summed E-state index contributed by atoms with van der Waals surface area (Å²) in [6, 6.07) is 3.05. The smallest absolute Gasteiger partial charge is 0.326 e. The molecule has 0 aliphatic heterocycles. The summed E-state index contributed by atoms with van der Waals surface area (Å²) < 4.78 is 26.5. The molecule has 0 aromatic heterocycles. The van der Waals surface area contributed by atoms with Gasteiger partial charge in [0.15, 0.2) is 0 Å². The Hall–Kier alpha value is -2.95. The van der Waals surface area contributed by atoms with E-state index in [0.29, 0.717) is 0 Å². The standard InChI is InChI=1S/C15H15F2N3O3/c1-8(2)13(15(22)23)20-14(21)9(6-18)7-19-12-5-10(16)3-4-11(12)17/h3-5,7-8,13,19H,1-2H3,(H,20,21)(H,22,23)/b9-7-. The molecule has 0 aliphatic carbocycles. The molecule has 1 atom stereocenters. The zero-order valence-corrected chi connectivity index (χ0v) is 12.4. The van der Waals surface area contributed by atoms with Crippen LogP contribution in [0.15, 0.2) is 30.0 Å². The first-order valence-electron chi connectivity index (χ1n) is 6.61. The molecule has 1 amide bonds. The molecule has 3 N–H and O–H groups in total. The quantitative estimate of drug-likeness (QED) is 0.549. The van der Waals surface area contributed by atoms with Gasteiger partial charge >= 0.3 is 5.97 Å². The number of hydrogen-bond acceptors (Lipinski definition) is 4. The van der Waals surface area contributed by atoms with Crippen LogP contribution in [0, 0.1) is 28.9 Å². The lowest BCUT2D eigenvalue weighted by Gasteiger charge is -2.17. The second kappa shape index (κ2) is 7.89. The van der Waals surface area contributed by atoms with Gasteiger partial charge < -0.3 is 15.7 Å². The van der Waals surface area contributed by atoms with E-state index >= 15 is 0 Å². The van der Waals surface area contributed by atoms with Crippen LogP contribution < -0.4 is 10.6 Å². The molecule has 0 heterocycles. The van der Waals surface area contributed by atoms with Crippen molar-refractivity contribution in [3.63, 3.8) is 0 Å². The molecule has 6 nitrogen and oxygen atoms in total. The van der Waals surface area contributed by atoms with Gasteiger partial charge in [0.2, 0.25) is 0 Å². The molecule has 0 bridgehead atoms. The topological polar surface area (TPSA) is 102 Å². The largest absolute Gasteiger partial charge is 0.480 e. The van der Waals surface area contributed by atoms with E-state index in [4.69, 9.17) is 10.4 Å². The Balaban J connectivity index is 2.91. The van der Waals surface area contributed by atoms with Crippen molar-refractivity contribution >= 4 is 17.6 Å². The number of carbonyl (C=O) groups excluding carboxylic acids is 1. The average Bonchev–Trinajstić information content (AvgIpc) is 2.48. The van der Waals surface area contributed by atoms with E-state index in [1.165, 1.54) is 0 Å². The van der Waals surface area contributed by atoms with Crippen molar-refractivity contribution in [3.8, 4) is 6.07 Å². The number of amides is 1. The number of carbonyl (C=O) groups is 2. The lowest BCUT2D eigenvalue weighted by molar-refractivity contribution is -0.142. The molecule has 8 heteroatoms. The van der Waals surface area contributed by atoms with Crippen molar-refractivity contribution in [3.05, 3.63) is 41.6 Å². The molecular formula is C15H15F2N3O3. The van der Waals surface area contributed by atoms with Crippen molar-refractivity contribution in [2.24, 2.45) is 5.92 Å². The third-order valence-electron chi connectivity index (χ3n) is 2.88. The summed E-state index contributed by atoms with van der Waals surface area (Å²) in [6.07, 6.45) is 0.881. The number of carboxylic acids is 1. The Morgan fingerprint density at radius 1 is 1.35 bits per heavy atom. The molecule has 1 aromatic carbocycles. The normalized spacial score (nSPS) is 12.4. The predicted octanol–water partition coefficient (Wildman–Crippen LogP) is 2.01. The molecule has 0 radical (unpaired) electrons. The third kappa shape index (κ3) is 5.07. The van der Waals surface area contributed by atoms with Crippen molar-refractivity contribution in [1.29, 1.82) is 5.26 Å². The molecule has 0 saturated carbocycles. The van der Waals surface area contributed by atoms with Gasteiger partial charge in [-0.2, -0.15) is 5.26 Å². The minimum atomic E-state index is -1.24. The van der Waals surface area contributed by atoms with Gasteiger partial charge in [-0.05, 0) is 18.1 Å². The summed E-state index contributed by atoms with van der Waals surface area (Å²) >= 11 is 0. The van der Waals surface area contributed by atoms with Crippen molar-refractivity contribution in [2.45, 2.75) is 19.9 Å². The molecule has 23 heavy (non-hydrogen) atoms. The Labute approximate surface area is 131 Å². The Bertz CT molecular complexity index is 681. The maximum absolute atomic E-state index is 13.4. The number of carboxylic acid groups (broad SMARTS) is 1. The lowest BCUT2D eigenvalue weighted by Crippen LogP contribution is -2.44. The highest BCUT2D eigenvalue weighted by Gasteiger charge is 2.24. The fourth-order valence-corrected chi connectivity index (χ4v) is 1.64. The first-order chi connectivity index (χ1) is 10.8. The van der Waals surface area contributed by atoms with Crippen LogP contribution in [-0.2, 0) is 9.59 Å². The van der Waals surface area contributed by atoms with Crippen LogP contribution in [0.1, 0.15) is 13.8 Å². The minimum absolute atomic E-state index is 0.260. The molecule has 0 fully saturated rings. The molecule has 0 spiro atoms. The van der Waals surface area contributed by atoms with Gasteiger partial charge in [-0.3, -0.25) is 4.79 Å². The number of rotatable bonds is 6. The van der Waals surface area contributed by atoms with Gasteiger partial charge in [-0.1, -0.05) is 13.8 Å². The van der Waals surface area contributed by atoms with E-state index in [0.717, 1.165) is 24.4 Å². The summed E-state index contributed by atoms with van der Waals surface area (Å²) in [6.45, 7) is 3.18. The number of halogens is 2. The summed E-state index contributed by atoms with van der Waals surface area (Å²) in [5.41, 5.74) is -0.732. The zero-order chi connectivity index (χ0) is 17.6. The predicted molar refractivity (Wildman–Crippen MR) is 78.1 cm³/mol. The first kappa shape index (κ1) is 18.1. The second-order valence-electron chi connectivity index (χ2n) is 4.97. The van der Waals surface area contributed by atoms with Crippen LogP contribution in [-0.4, -0.2) is 23.0 Å². The van der Waals surface area contributed by atoms with Gasteiger partial charge in [0.05, 0.1) is 5.69 Å². The van der Waals surface area contributed by atoms with Gasteiger partial charge in [0.1, 0.15) is 29.3 Å². The fraction of sp³-hybridized carbons (Fsp3) is 0.267. The summed E-state index contributed by atoms with van der Waals surface area (Å²) in [4.78, 5) is 22.9. The van der Waals surface area contributed by atoms with Crippen LogP contribution in [0.3, 0.4) is 0 Å². The van der Waals surface area contributed by atoms with Crippen LogP contribution in [0.25, 0.3) is 0 Å². The lowest BCUT2D eigenvalue weighted by atomic mass is 10.0. The highest BCUT2D eigenvalue weighted by atomic mass is 19.1. The van der Waals surface area contributed by atoms with E-state index in [9.17, 15) is 18.4 Å². The Morgan fingerprint density at radius 3 is 2.52 bits per heavy atom. The maximum Gasteiger partial charge on any atom is 0.326 e. The molecule has 0 aliphatic rings. The Kier molecular flexibility index (Phi) is 6.21. The fourth-order valence-electron chi connectivity index (χ4n) is 1.64. The van der Waals surface area contributed by atoms with Crippen molar-refractivity contribution < 1.29 is 23.5 Å². The molecule has 1 aromatic rings. The van der Waals surface area contributed by atoms with Gasteiger partial charge in [0, 0.05) is 12.3 Å². The molecule has 0 saturated heterocycles. The minimum Gasteiger partial charge on any atom is -0.480 e. The Morgan fingerprint density at radius 2 is 2.00 bits per heavy atom. The number of anilines is 1. The molecular weight excluding hydrogens is 308 g/mol. The molecule has 1 unspecified atom stereocenters. The molecule has 1 rings (SSSR count). The second-order valence-corrected chi connectivity index (χ2v) is 4.97. The van der Waals surface area contributed by atoms with Crippen LogP contribution >= 0.6 is 0 Å². The van der Waals surface area contributed by atoms with Crippen LogP contribution in [0.4, 0.5) is 14.5 Å². The van der Waals surface area contributed by atoms with E-state index in [1.807, 2.05) is 0 Å². The van der Waals surface area contributed by atoms with Gasteiger partial charge in [0.25, 0.3) is 5.91 Å². The van der Waals surface area contributed by atoms with E-state index in [1.54, 1.807) is 19.9 Å². The molecule has 122 valence electrons. The summed E-state index contributed by atoms with van der Waals surface area (Å²) in [5, 5.41) is 22.5.